The maximum absolute atomic E-state index is 6.11. The van der Waals surface area contributed by atoms with Crippen LogP contribution in [0.15, 0.2) is 28.8 Å². The summed E-state index contributed by atoms with van der Waals surface area (Å²) in [6.45, 7) is 3.90. The van der Waals surface area contributed by atoms with Crippen molar-refractivity contribution in [2.24, 2.45) is 5.73 Å². The highest BCUT2D eigenvalue weighted by Gasteiger charge is 2.25. The van der Waals surface area contributed by atoms with Crippen LogP contribution in [0, 0.1) is 0 Å². The van der Waals surface area contributed by atoms with E-state index in [1.165, 1.54) is 0 Å². The van der Waals surface area contributed by atoms with Gasteiger partial charge in [0.25, 0.3) is 5.89 Å². The van der Waals surface area contributed by atoms with Gasteiger partial charge in [-0.3, -0.25) is 0 Å². The van der Waals surface area contributed by atoms with Crippen molar-refractivity contribution in [3.05, 3.63) is 30.1 Å². The number of nitrogens with two attached hydrogens (primary N) is 1. The lowest BCUT2D eigenvalue weighted by Crippen LogP contribution is -2.33. The van der Waals surface area contributed by atoms with E-state index in [1.807, 2.05) is 57.1 Å². The molecule has 1 aromatic heterocycles. The van der Waals surface area contributed by atoms with Gasteiger partial charge in [0.05, 0.1) is 5.54 Å². The van der Waals surface area contributed by atoms with Gasteiger partial charge in [-0.15, -0.1) is 0 Å². The SMILES string of the molecule is CCC(C)(N)c1noc(-c2cccc(N(C)C)c2)n1. The Kier molecular flexibility index (Phi) is 3.57. The molecule has 19 heavy (non-hydrogen) atoms. The van der Waals surface area contributed by atoms with Crippen LogP contribution in [0.25, 0.3) is 11.5 Å². The Morgan fingerprint density at radius 3 is 2.74 bits per heavy atom. The summed E-state index contributed by atoms with van der Waals surface area (Å²) < 4.78 is 5.31. The molecule has 0 aliphatic heterocycles. The van der Waals surface area contributed by atoms with Crippen molar-refractivity contribution in [3.8, 4) is 11.5 Å². The second-order valence-electron chi connectivity index (χ2n) is 5.14. The number of hydrogen-bond acceptors (Lipinski definition) is 5. The molecule has 5 nitrogen and oxygen atoms in total. The molecule has 2 aromatic rings. The third kappa shape index (κ3) is 2.76. The standard InChI is InChI=1S/C14H20N4O/c1-5-14(2,15)13-16-12(19-17-13)10-7-6-8-11(9-10)18(3)4/h6-9H,5,15H2,1-4H3. The van der Waals surface area contributed by atoms with E-state index in [1.54, 1.807) is 0 Å². The molecule has 0 saturated carbocycles. The Balaban J connectivity index is 2.35. The first-order chi connectivity index (χ1) is 8.94. The predicted molar refractivity (Wildman–Crippen MR) is 75.9 cm³/mol. The molecule has 0 spiro atoms. The largest absolute Gasteiger partial charge is 0.378 e. The molecule has 0 saturated heterocycles. The number of nitrogens with zero attached hydrogens (tertiary/aromatic N) is 3. The molecule has 0 aliphatic carbocycles. The smallest absolute Gasteiger partial charge is 0.258 e. The molecule has 102 valence electrons. The summed E-state index contributed by atoms with van der Waals surface area (Å²) in [6.07, 6.45) is 0.754. The Labute approximate surface area is 113 Å². The van der Waals surface area contributed by atoms with E-state index in [-0.39, 0.29) is 0 Å². The highest BCUT2D eigenvalue weighted by Crippen LogP contribution is 2.25. The minimum atomic E-state index is -0.555. The molecule has 0 amide bonds. The summed E-state index contributed by atoms with van der Waals surface area (Å²) in [5, 5.41) is 3.98. The van der Waals surface area contributed by atoms with Gasteiger partial charge in [-0.05, 0) is 31.5 Å². The maximum Gasteiger partial charge on any atom is 0.258 e. The van der Waals surface area contributed by atoms with E-state index < -0.39 is 5.54 Å². The lowest BCUT2D eigenvalue weighted by molar-refractivity contribution is 0.379. The van der Waals surface area contributed by atoms with Crippen LogP contribution >= 0.6 is 0 Å². The molecule has 2 rings (SSSR count). The van der Waals surface area contributed by atoms with Crippen LogP contribution in [0.5, 0.6) is 0 Å². The van der Waals surface area contributed by atoms with Crippen LogP contribution < -0.4 is 10.6 Å². The minimum Gasteiger partial charge on any atom is -0.378 e. The average Bonchev–Trinajstić information content (AvgIpc) is 2.89. The second-order valence-corrected chi connectivity index (χ2v) is 5.14. The van der Waals surface area contributed by atoms with E-state index in [0.717, 1.165) is 17.7 Å². The molecule has 1 heterocycles. The predicted octanol–water partition coefficient (Wildman–Crippen LogP) is 2.39. The number of rotatable bonds is 4. The zero-order valence-electron chi connectivity index (χ0n) is 11.8. The quantitative estimate of drug-likeness (QED) is 0.914. The van der Waals surface area contributed by atoms with E-state index >= 15 is 0 Å². The van der Waals surface area contributed by atoms with E-state index in [4.69, 9.17) is 10.3 Å². The topological polar surface area (TPSA) is 68.2 Å². The fraction of sp³-hybridized carbons (Fsp3) is 0.429. The molecular weight excluding hydrogens is 240 g/mol. The first kappa shape index (κ1) is 13.5. The Hall–Kier alpha value is -1.88. The number of hydrogen-bond donors (Lipinski definition) is 1. The highest BCUT2D eigenvalue weighted by molar-refractivity contribution is 5.61. The van der Waals surface area contributed by atoms with Crippen molar-refractivity contribution in [1.82, 2.24) is 10.1 Å². The molecular formula is C14H20N4O. The molecule has 0 radical (unpaired) electrons. The molecule has 1 aromatic carbocycles. The van der Waals surface area contributed by atoms with Crippen LogP contribution in [-0.2, 0) is 5.54 Å². The van der Waals surface area contributed by atoms with Crippen LogP contribution in [0.3, 0.4) is 0 Å². The van der Waals surface area contributed by atoms with Gasteiger partial charge in [0, 0.05) is 25.3 Å². The summed E-state index contributed by atoms with van der Waals surface area (Å²) in [4.78, 5) is 6.43. The average molecular weight is 260 g/mol. The van der Waals surface area contributed by atoms with Crippen LogP contribution in [0.2, 0.25) is 0 Å². The van der Waals surface area contributed by atoms with Crippen molar-refractivity contribution in [1.29, 1.82) is 0 Å². The molecule has 2 N–H and O–H groups in total. The summed E-state index contributed by atoms with van der Waals surface area (Å²) in [5.41, 5.74) is 7.55. The molecule has 1 atom stereocenters. The van der Waals surface area contributed by atoms with Crippen LogP contribution in [0.4, 0.5) is 5.69 Å². The van der Waals surface area contributed by atoms with Gasteiger partial charge >= 0.3 is 0 Å². The van der Waals surface area contributed by atoms with Crippen molar-refractivity contribution in [2.45, 2.75) is 25.8 Å². The first-order valence-electron chi connectivity index (χ1n) is 6.35. The van der Waals surface area contributed by atoms with Crippen molar-refractivity contribution in [3.63, 3.8) is 0 Å². The van der Waals surface area contributed by atoms with Gasteiger partial charge in [-0.25, -0.2) is 0 Å². The van der Waals surface area contributed by atoms with E-state index in [0.29, 0.717) is 11.7 Å². The van der Waals surface area contributed by atoms with Gasteiger partial charge in [-0.1, -0.05) is 18.1 Å². The normalized spacial score (nSPS) is 14.2. The van der Waals surface area contributed by atoms with Gasteiger partial charge in [0.2, 0.25) is 0 Å². The fourth-order valence-corrected chi connectivity index (χ4v) is 1.65. The van der Waals surface area contributed by atoms with Gasteiger partial charge in [0.15, 0.2) is 5.82 Å². The summed E-state index contributed by atoms with van der Waals surface area (Å²) in [7, 11) is 3.98. The summed E-state index contributed by atoms with van der Waals surface area (Å²) in [5.74, 6) is 1.05. The zero-order chi connectivity index (χ0) is 14.0. The molecule has 0 fully saturated rings. The second kappa shape index (κ2) is 5.01. The fourth-order valence-electron chi connectivity index (χ4n) is 1.65. The summed E-state index contributed by atoms with van der Waals surface area (Å²) in [6, 6.07) is 7.96. The maximum atomic E-state index is 6.11. The van der Waals surface area contributed by atoms with Crippen molar-refractivity contribution in [2.75, 3.05) is 19.0 Å². The number of aromatic nitrogens is 2. The van der Waals surface area contributed by atoms with Crippen LogP contribution in [0.1, 0.15) is 26.1 Å². The minimum absolute atomic E-state index is 0.504. The lowest BCUT2D eigenvalue weighted by Gasteiger charge is -2.16. The van der Waals surface area contributed by atoms with Crippen molar-refractivity contribution < 1.29 is 4.52 Å². The summed E-state index contributed by atoms with van der Waals surface area (Å²) >= 11 is 0. The first-order valence-corrected chi connectivity index (χ1v) is 6.35. The number of benzene rings is 1. The molecule has 5 heteroatoms. The highest BCUT2D eigenvalue weighted by atomic mass is 16.5. The lowest BCUT2D eigenvalue weighted by atomic mass is 10.00. The monoisotopic (exact) mass is 260 g/mol. The van der Waals surface area contributed by atoms with Crippen LogP contribution in [-0.4, -0.2) is 24.2 Å². The van der Waals surface area contributed by atoms with Gasteiger partial charge in [-0.2, -0.15) is 4.98 Å². The Bertz CT molecular complexity index is 560. The molecule has 0 bridgehead atoms. The third-order valence-electron chi connectivity index (χ3n) is 3.28. The third-order valence-corrected chi connectivity index (χ3v) is 3.28. The number of anilines is 1. The van der Waals surface area contributed by atoms with Crippen molar-refractivity contribution >= 4 is 5.69 Å². The Morgan fingerprint density at radius 2 is 2.11 bits per heavy atom. The van der Waals surface area contributed by atoms with E-state index in [2.05, 4.69) is 10.1 Å². The van der Waals surface area contributed by atoms with Gasteiger partial charge < -0.3 is 15.2 Å². The van der Waals surface area contributed by atoms with E-state index in [9.17, 15) is 0 Å². The van der Waals surface area contributed by atoms with Gasteiger partial charge in [0.1, 0.15) is 0 Å². The molecule has 1 unspecified atom stereocenters. The molecule has 0 aliphatic rings. The Morgan fingerprint density at radius 1 is 1.37 bits per heavy atom. The zero-order valence-corrected chi connectivity index (χ0v) is 11.8.